The molecule has 2 unspecified atom stereocenters. The molecule has 0 aromatic rings. The van der Waals surface area contributed by atoms with Gasteiger partial charge in [-0.05, 0) is 6.42 Å². The number of carbonyl (C=O) groups is 1. The molecule has 0 saturated heterocycles. The van der Waals surface area contributed by atoms with Crippen molar-refractivity contribution in [1.29, 1.82) is 0 Å². The van der Waals surface area contributed by atoms with Crippen molar-refractivity contribution in [2.45, 2.75) is 31.9 Å². The number of carboxylic acids is 1. The molecule has 0 aromatic carbocycles. The third kappa shape index (κ3) is 4.87. The molecule has 0 spiro atoms. The lowest BCUT2D eigenvalue weighted by atomic mass is 10.1. The molecular weight excluding hydrogens is 158 g/mol. The second-order valence-electron chi connectivity index (χ2n) is 2.60. The maximum absolute atomic E-state index is 10.2. The maximum atomic E-state index is 10.2. The molecule has 0 bridgehead atoms. The van der Waals surface area contributed by atoms with Crippen LogP contribution < -0.4 is 5.73 Å². The minimum atomic E-state index is -1.09. The van der Waals surface area contributed by atoms with Crippen molar-refractivity contribution in [3.8, 4) is 0 Å². The van der Waals surface area contributed by atoms with Crippen LogP contribution in [-0.4, -0.2) is 28.3 Å². The summed E-state index contributed by atoms with van der Waals surface area (Å²) in [6, 6.07) is -1.02. The predicted octanol–water partition coefficient (Wildman–Crippen LogP) is 0.115. The highest BCUT2D eigenvalue weighted by Crippen LogP contribution is 1.97. The first-order valence-electron chi connectivity index (χ1n) is 3.92. The normalized spacial score (nSPS) is 16.2. The average Bonchev–Trinajstić information content (AvgIpc) is 2.00. The van der Waals surface area contributed by atoms with Gasteiger partial charge in [0.2, 0.25) is 0 Å². The highest BCUT2D eigenvalue weighted by molar-refractivity contribution is 5.75. The molecule has 70 valence electrons. The SMILES string of the molecule is CCCC(O)/C=C/C(N)C(=O)O. The van der Waals surface area contributed by atoms with Gasteiger partial charge in [-0.2, -0.15) is 0 Å². The van der Waals surface area contributed by atoms with E-state index in [1.54, 1.807) is 0 Å². The number of nitrogens with two attached hydrogens (primary N) is 1. The number of hydrogen-bond donors (Lipinski definition) is 3. The molecule has 0 heterocycles. The van der Waals surface area contributed by atoms with Crippen LogP contribution in [0.4, 0.5) is 0 Å². The second-order valence-corrected chi connectivity index (χ2v) is 2.60. The molecule has 0 aliphatic heterocycles. The number of hydrogen-bond acceptors (Lipinski definition) is 3. The largest absolute Gasteiger partial charge is 0.480 e. The van der Waals surface area contributed by atoms with Crippen molar-refractivity contribution >= 4 is 5.97 Å². The van der Waals surface area contributed by atoms with Crippen molar-refractivity contribution in [3.63, 3.8) is 0 Å². The van der Waals surface area contributed by atoms with Gasteiger partial charge in [-0.15, -0.1) is 0 Å². The van der Waals surface area contributed by atoms with E-state index in [0.29, 0.717) is 6.42 Å². The standard InChI is InChI=1S/C8H15NO3/c1-2-3-6(10)4-5-7(9)8(11)12/h4-7,10H,2-3,9H2,1H3,(H,11,12)/b5-4+. The Kier molecular flexibility index (Phi) is 5.32. The molecule has 4 nitrogen and oxygen atoms in total. The summed E-state index contributed by atoms with van der Waals surface area (Å²) >= 11 is 0. The van der Waals surface area contributed by atoms with Gasteiger partial charge in [0.1, 0.15) is 6.04 Å². The first-order chi connectivity index (χ1) is 5.57. The average molecular weight is 173 g/mol. The molecule has 4 heteroatoms. The highest BCUT2D eigenvalue weighted by atomic mass is 16.4. The van der Waals surface area contributed by atoms with Gasteiger partial charge in [-0.25, -0.2) is 0 Å². The minimum absolute atomic E-state index is 0.583. The van der Waals surface area contributed by atoms with Gasteiger partial charge in [0.15, 0.2) is 0 Å². The summed E-state index contributed by atoms with van der Waals surface area (Å²) in [4.78, 5) is 10.2. The zero-order valence-electron chi connectivity index (χ0n) is 7.10. The Hall–Kier alpha value is -0.870. The lowest BCUT2D eigenvalue weighted by Crippen LogP contribution is -2.27. The number of aliphatic carboxylic acids is 1. The van der Waals surface area contributed by atoms with Gasteiger partial charge in [0, 0.05) is 0 Å². The summed E-state index contributed by atoms with van der Waals surface area (Å²) in [7, 11) is 0. The summed E-state index contributed by atoms with van der Waals surface area (Å²) in [6.07, 6.45) is 3.61. The van der Waals surface area contributed by atoms with Crippen LogP contribution in [0.2, 0.25) is 0 Å². The monoisotopic (exact) mass is 173 g/mol. The second kappa shape index (κ2) is 5.74. The number of aliphatic hydroxyl groups is 1. The Bertz CT molecular complexity index is 168. The third-order valence-corrected chi connectivity index (χ3v) is 1.41. The Balaban J connectivity index is 3.80. The Morgan fingerprint density at radius 3 is 2.58 bits per heavy atom. The summed E-state index contributed by atoms with van der Waals surface area (Å²) in [5, 5.41) is 17.5. The molecule has 0 amide bonds. The van der Waals surface area contributed by atoms with Gasteiger partial charge in [-0.3, -0.25) is 4.79 Å². The Morgan fingerprint density at radius 2 is 2.17 bits per heavy atom. The smallest absolute Gasteiger partial charge is 0.324 e. The van der Waals surface area contributed by atoms with Crippen LogP contribution in [0.1, 0.15) is 19.8 Å². The van der Waals surface area contributed by atoms with Gasteiger partial charge in [0.25, 0.3) is 0 Å². The van der Waals surface area contributed by atoms with Crippen LogP contribution in [-0.2, 0) is 4.79 Å². The minimum Gasteiger partial charge on any atom is -0.480 e. The van der Waals surface area contributed by atoms with Crippen molar-refractivity contribution in [3.05, 3.63) is 12.2 Å². The van der Waals surface area contributed by atoms with Gasteiger partial charge < -0.3 is 15.9 Å². The van der Waals surface area contributed by atoms with Gasteiger partial charge in [-0.1, -0.05) is 25.5 Å². The lowest BCUT2D eigenvalue weighted by Gasteiger charge is -2.03. The van der Waals surface area contributed by atoms with Crippen LogP contribution in [0.3, 0.4) is 0 Å². The van der Waals surface area contributed by atoms with E-state index in [2.05, 4.69) is 0 Å². The van der Waals surface area contributed by atoms with E-state index in [1.165, 1.54) is 12.2 Å². The molecule has 0 radical (unpaired) electrons. The van der Waals surface area contributed by atoms with Crippen LogP contribution in [0.15, 0.2) is 12.2 Å². The molecule has 2 atom stereocenters. The fourth-order valence-corrected chi connectivity index (χ4v) is 0.722. The first kappa shape index (κ1) is 11.1. The fourth-order valence-electron chi connectivity index (χ4n) is 0.722. The zero-order valence-corrected chi connectivity index (χ0v) is 7.10. The molecule has 0 aliphatic carbocycles. The Labute approximate surface area is 71.7 Å². The maximum Gasteiger partial charge on any atom is 0.324 e. The van der Waals surface area contributed by atoms with E-state index in [-0.39, 0.29) is 0 Å². The van der Waals surface area contributed by atoms with Crippen molar-refractivity contribution in [2.75, 3.05) is 0 Å². The predicted molar refractivity (Wildman–Crippen MR) is 45.7 cm³/mol. The molecule has 0 saturated carbocycles. The molecule has 0 fully saturated rings. The van der Waals surface area contributed by atoms with E-state index >= 15 is 0 Å². The van der Waals surface area contributed by atoms with E-state index in [9.17, 15) is 4.79 Å². The van der Waals surface area contributed by atoms with Crippen LogP contribution in [0, 0.1) is 0 Å². The summed E-state index contributed by atoms with van der Waals surface area (Å²) in [5.74, 6) is -1.09. The highest BCUT2D eigenvalue weighted by Gasteiger charge is 2.06. The molecular formula is C8H15NO3. The van der Waals surface area contributed by atoms with Crippen molar-refractivity contribution in [2.24, 2.45) is 5.73 Å². The summed E-state index contributed by atoms with van der Waals surface area (Å²) in [6.45, 7) is 1.94. The van der Waals surface area contributed by atoms with Crippen LogP contribution in [0.5, 0.6) is 0 Å². The summed E-state index contributed by atoms with van der Waals surface area (Å²) < 4.78 is 0. The zero-order chi connectivity index (χ0) is 9.56. The van der Waals surface area contributed by atoms with Crippen LogP contribution in [0.25, 0.3) is 0 Å². The van der Waals surface area contributed by atoms with Crippen LogP contribution >= 0.6 is 0 Å². The summed E-state index contributed by atoms with van der Waals surface area (Å²) in [5.41, 5.74) is 5.16. The van der Waals surface area contributed by atoms with Crippen molar-refractivity contribution < 1.29 is 15.0 Å². The number of rotatable bonds is 5. The number of carboxylic acid groups (broad SMARTS) is 1. The van der Waals surface area contributed by atoms with E-state index in [0.717, 1.165) is 6.42 Å². The topological polar surface area (TPSA) is 83.5 Å². The fraction of sp³-hybridized carbons (Fsp3) is 0.625. The molecule has 0 aliphatic rings. The molecule has 4 N–H and O–H groups in total. The van der Waals surface area contributed by atoms with Gasteiger partial charge >= 0.3 is 5.97 Å². The number of aliphatic hydroxyl groups excluding tert-OH is 1. The van der Waals surface area contributed by atoms with E-state index in [1.807, 2.05) is 6.92 Å². The van der Waals surface area contributed by atoms with Crippen molar-refractivity contribution in [1.82, 2.24) is 0 Å². The quantitative estimate of drug-likeness (QED) is 0.515. The molecule has 12 heavy (non-hydrogen) atoms. The first-order valence-corrected chi connectivity index (χ1v) is 3.92. The van der Waals surface area contributed by atoms with E-state index < -0.39 is 18.1 Å². The van der Waals surface area contributed by atoms with E-state index in [4.69, 9.17) is 15.9 Å². The molecule has 0 rings (SSSR count). The van der Waals surface area contributed by atoms with Gasteiger partial charge in [0.05, 0.1) is 6.10 Å². The Morgan fingerprint density at radius 1 is 1.58 bits per heavy atom. The molecule has 0 aromatic heterocycles. The third-order valence-electron chi connectivity index (χ3n) is 1.41. The lowest BCUT2D eigenvalue weighted by molar-refractivity contribution is -0.137.